The van der Waals surface area contributed by atoms with Crippen LogP contribution < -0.4 is 9.64 Å². The molecule has 6 nitrogen and oxygen atoms in total. The van der Waals surface area contributed by atoms with Crippen molar-refractivity contribution in [1.29, 1.82) is 0 Å². The maximum Gasteiger partial charge on any atom is 0.277 e. The van der Waals surface area contributed by atoms with E-state index in [9.17, 15) is 9.59 Å². The third-order valence-corrected chi connectivity index (χ3v) is 5.37. The number of nitrogens with one attached hydrogen (secondary N) is 1. The summed E-state index contributed by atoms with van der Waals surface area (Å²) in [7, 11) is 1.79. The molecule has 2 amide bonds. The number of quaternary nitrogens is 1. The van der Waals surface area contributed by atoms with Crippen molar-refractivity contribution in [2.24, 2.45) is 0 Å². The van der Waals surface area contributed by atoms with E-state index in [1.54, 1.807) is 24.1 Å². The fourth-order valence-corrected chi connectivity index (χ4v) is 3.40. The molecule has 0 unspecified atom stereocenters. The molecule has 1 saturated heterocycles. The lowest BCUT2D eigenvalue weighted by Gasteiger charge is -2.32. The van der Waals surface area contributed by atoms with Crippen molar-refractivity contribution in [3.8, 4) is 5.75 Å². The van der Waals surface area contributed by atoms with Crippen LogP contribution in [0.15, 0.2) is 54.6 Å². The van der Waals surface area contributed by atoms with Gasteiger partial charge in [-0.2, -0.15) is 0 Å². The zero-order valence-corrected chi connectivity index (χ0v) is 17.4. The maximum atomic E-state index is 12.5. The van der Waals surface area contributed by atoms with Crippen molar-refractivity contribution in [3.63, 3.8) is 0 Å². The molecule has 0 radical (unpaired) electrons. The van der Waals surface area contributed by atoms with Crippen LogP contribution in [0.1, 0.15) is 10.4 Å². The number of ether oxygens (including phenoxy) is 1. The van der Waals surface area contributed by atoms with E-state index < -0.39 is 0 Å². The summed E-state index contributed by atoms with van der Waals surface area (Å²) in [5, 5.41) is 0.665. The third kappa shape index (κ3) is 6.21. The fourth-order valence-electron chi connectivity index (χ4n) is 3.27. The number of benzene rings is 2. The number of hydrogen-bond acceptors (Lipinski definition) is 3. The molecular weight excluding hydrogens is 390 g/mol. The number of carbonyl (C=O) groups is 2. The van der Waals surface area contributed by atoms with Crippen LogP contribution in [0, 0.1) is 0 Å². The Morgan fingerprint density at radius 3 is 2.38 bits per heavy atom. The summed E-state index contributed by atoms with van der Waals surface area (Å²) in [4.78, 5) is 29.8. The van der Waals surface area contributed by atoms with Gasteiger partial charge in [0.05, 0.1) is 32.7 Å². The number of amides is 2. The lowest BCUT2D eigenvalue weighted by molar-refractivity contribution is -0.896. The predicted molar refractivity (Wildman–Crippen MR) is 112 cm³/mol. The molecular formula is C22H27ClN3O3+. The molecule has 1 N–H and O–H groups in total. The van der Waals surface area contributed by atoms with Gasteiger partial charge in [-0.3, -0.25) is 9.59 Å². The van der Waals surface area contributed by atoms with E-state index in [1.165, 1.54) is 4.90 Å². The Bertz CT molecular complexity index is 806. The fraction of sp³-hybridized carbons (Fsp3) is 0.364. The first-order valence-corrected chi connectivity index (χ1v) is 10.2. The smallest absolute Gasteiger partial charge is 0.277 e. The third-order valence-electron chi connectivity index (χ3n) is 5.11. The molecule has 0 spiro atoms. The number of hydrogen-bond donors (Lipinski definition) is 1. The summed E-state index contributed by atoms with van der Waals surface area (Å²) < 4.78 is 5.65. The zero-order valence-electron chi connectivity index (χ0n) is 16.6. The highest BCUT2D eigenvalue weighted by atomic mass is 35.5. The maximum absolute atomic E-state index is 12.5. The molecule has 3 rings (SSSR count). The molecule has 1 fully saturated rings. The Hall–Kier alpha value is -2.57. The Balaban J connectivity index is 1.37. The molecule has 0 atom stereocenters. The molecule has 2 aromatic rings. The minimum absolute atomic E-state index is 0.0624. The number of likely N-dealkylation sites (N-methyl/N-ethyl adjacent to an activating group) is 1. The minimum Gasteiger partial charge on any atom is -0.492 e. The Kier molecular flexibility index (Phi) is 7.49. The standard InChI is InChI=1S/C22H26ClN3O3/c1-24(15-16-29-20-9-7-19(23)8-10-20)21(27)17-25-11-13-26(14-12-25)22(28)18-5-3-2-4-6-18/h2-10H,11-17H2,1H3/p+1. The average molecular weight is 417 g/mol. The van der Waals surface area contributed by atoms with Crippen LogP contribution in [0.3, 0.4) is 0 Å². The largest absolute Gasteiger partial charge is 0.492 e. The summed E-state index contributed by atoms with van der Waals surface area (Å²) in [6.45, 7) is 4.27. The average Bonchev–Trinajstić information content (AvgIpc) is 2.75. The summed E-state index contributed by atoms with van der Waals surface area (Å²) >= 11 is 5.86. The monoisotopic (exact) mass is 416 g/mol. The number of halogens is 1. The van der Waals surface area contributed by atoms with Gasteiger partial charge in [0, 0.05) is 17.6 Å². The van der Waals surface area contributed by atoms with Gasteiger partial charge in [-0.25, -0.2) is 0 Å². The molecule has 154 valence electrons. The molecule has 0 bridgehead atoms. The topological polar surface area (TPSA) is 54.3 Å². The number of carbonyl (C=O) groups excluding carboxylic acids is 2. The molecule has 1 aliphatic rings. The second-order valence-corrected chi connectivity index (χ2v) is 7.64. The zero-order chi connectivity index (χ0) is 20.6. The van der Waals surface area contributed by atoms with Crippen molar-refractivity contribution in [1.82, 2.24) is 9.80 Å². The lowest BCUT2D eigenvalue weighted by atomic mass is 10.2. The molecule has 0 aromatic heterocycles. The van der Waals surface area contributed by atoms with Gasteiger partial charge in [0.15, 0.2) is 6.54 Å². The Morgan fingerprint density at radius 2 is 1.72 bits per heavy atom. The highest BCUT2D eigenvalue weighted by molar-refractivity contribution is 6.30. The Morgan fingerprint density at radius 1 is 1.07 bits per heavy atom. The summed E-state index contributed by atoms with van der Waals surface area (Å²) in [6, 6.07) is 16.5. The van der Waals surface area contributed by atoms with Gasteiger partial charge in [0.1, 0.15) is 12.4 Å². The first-order valence-electron chi connectivity index (χ1n) is 9.83. The van der Waals surface area contributed by atoms with Crippen molar-refractivity contribution in [3.05, 3.63) is 65.2 Å². The van der Waals surface area contributed by atoms with E-state index in [1.807, 2.05) is 47.4 Å². The quantitative estimate of drug-likeness (QED) is 0.738. The molecule has 7 heteroatoms. The van der Waals surface area contributed by atoms with E-state index >= 15 is 0 Å². The van der Waals surface area contributed by atoms with Gasteiger partial charge in [-0.1, -0.05) is 29.8 Å². The second kappa shape index (κ2) is 10.3. The van der Waals surface area contributed by atoms with Gasteiger partial charge in [0.2, 0.25) is 0 Å². The van der Waals surface area contributed by atoms with Crippen LogP contribution in [0.5, 0.6) is 5.75 Å². The van der Waals surface area contributed by atoms with Crippen LogP contribution >= 0.6 is 11.6 Å². The summed E-state index contributed by atoms with van der Waals surface area (Å²) in [5.41, 5.74) is 0.715. The first-order chi connectivity index (χ1) is 14.0. The van der Waals surface area contributed by atoms with Gasteiger partial charge in [-0.05, 0) is 36.4 Å². The van der Waals surface area contributed by atoms with Crippen LogP contribution in [-0.2, 0) is 4.79 Å². The molecule has 0 aliphatic carbocycles. The first kappa shape index (κ1) is 21.1. The van der Waals surface area contributed by atoms with Gasteiger partial charge < -0.3 is 19.4 Å². The van der Waals surface area contributed by atoms with E-state index in [4.69, 9.17) is 16.3 Å². The number of nitrogens with zero attached hydrogens (tertiary/aromatic N) is 2. The van der Waals surface area contributed by atoms with E-state index in [0.29, 0.717) is 43.4 Å². The van der Waals surface area contributed by atoms with Gasteiger partial charge >= 0.3 is 0 Å². The Labute approximate surface area is 176 Å². The molecule has 1 heterocycles. The van der Waals surface area contributed by atoms with E-state index in [2.05, 4.69) is 0 Å². The SMILES string of the molecule is CN(CCOc1ccc(Cl)cc1)C(=O)C[NH+]1CCN(C(=O)c2ccccc2)CC1. The second-order valence-electron chi connectivity index (χ2n) is 7.20. The lowest BCUT2D eigenvalue weighted by Crippen LogP contribution is -3.15. The summed E-state index contributed by atoms with van der Waals surface area (Å²) in [6.07, 6.45) is 0. The highest BCUT2D eigenvalue weighted by Gasteiger charge is 2.26. The predicted octanol–water partition coefficient (Wildman–Crippen LogP) is 1.22. The van der Waals surface area contributed by atoms with Crippen LogP contribution in [0.4, 0.5) is 0 Å². The van der Waals surface area contributed by atoms with Crippen molar-refractivity contribution in [2.75, 3.05) is 52.9 Å². The number of piperazine rings is 1. The van der Waals surface area contributed by atoms with Crippen molar-refractivity contribution >= 4 is 23.4 Å². The minimum atomic E-state index is 0.0624. The summed E-state index contributed by atoms with van der Waals surface area (Å²) in [5.74, 6) is 0.884. The normalized spacial score (nSPS) is 14.5. The van der Waals surface area contributed by atoms with Crippen LogP contribution in [-0.4, -0.2) is 74.5 Å². The number of rotatable bonds is 7. The van der Waals surface area contributed by atoms with Crippen molar-refractivity contribution < 1.29 is 19.2 Å². The van der Waals surface area contributed by atoms with E-state index in [-0.39, 0.29) is 11.8 Å². The van der Waals surface area contributed by atoms with Crippen LogP contribution in [0.2, 0.25) is 5.02 Å². The van der Waals surface area contributed by atoms with Crippen molar-refractivity contribution in [2.45, 2.75) is 0 Å². The molecule has 29 heavy (non-hydrogen) atoms. The molecule has 1 aliphatic heterocycles. The van der Waals surface area contributed by atoms with Gasteiger partial charge in [0.25, 0.3) is 11.8 Å². The van der Waals surface area contributed by atoms with Gasteiger partial charge in [-0.15, -0.1) is 0 Å². The molecule has 2 aromatic carbocycles. The van der Waals surface area contributed by atoms with Crippen LogP contribution in [0.25, 0.3) is 0 Å². The highest BCUT2D eigenvalue weighted by Crippen LogP contribution is 2.15. The molecule has 0 saturated carbocycles. The van der Waals surface area contributed by atoms with E-state index in [0.717, 1.165) is 18.8 Å².